The number of aryl methyl sites for hydroxylation is 2. The number of benzene rings is 1. The molecule has 0 bridgehead atoms. The molecule has 0 aromatic heterocycles. The summed E-state index contributed by atoms with van der Waals surface area (Å²) in [5.41, 5.74) is 2.29. The molecule has 0 radical (unpaired) electrons. The van der Waals surface area contributed by atoms with Crippen LogP contribution in [0.5, 0.6) is 0 Å². The second-order valence-corrected chi connectivity index (χ2v) is 5.75. The van der Waals surface area contributed by atoms with Crippen LogP contribution in [0.3, 0.4) is 0 Å². The number of nitrogens with one attached hydrogen (secondary N) is 2. The van der Waals surface area contributed by atoms with E-state index in [-0.39, 0.29) is 17.7 Å². The van der Waals surface area contributed by atoms with Crippen LogP contribution in [0, 0.1) is 13.8 Å². The summed E-state index contributed by atoms with van der Waals surface area (Å²) in [6, 6.07) is 5.68. The van der Waals surface area contributed by atoms with Gasteiger partial charge in [-0.2, -0.15) is 0 Å². The number of hydrogen-bond acceptors (Lipinski definition) is 3. The molecule has 2 N–H and O–H groups in total. The maximum absolute atomic E-state index is 11.6. The zero-order valence-corrected chi connectivity index (χ0v) is 12.6. The van der Waals surface area contributed by atoms with Gasteiger partial charge in [0.25, 0.3) is 0 Å². The smallest absolute Gasteiger partial charge is 0.321 e. The maximum Gasteiger partial charge on any atom is 0.321 e. The standard InChI is InChI=1S/C14H20N2O2S/c1-9(2)15-14(18)16-13(17)8-19-12-7-10(3)5-6-11(12)4/h5-7,9H,8H2,1-4H3,(H2,15,16,17,18). The minimum Gasteiger partial charge on any atom is -0.336 e. The molecule has 1 aromatic carbocycles. The summed E-state index contributed by atoms with van der Waals surface area (Å²) in [6.07, 6.45) is 0. The van der Waals surface area contributed by atoms with Gasteiger partial charge in [-0.05, 0) is 39.3 Å². The molecule has 0 saturated heterocycles. The summed E-state index contributed by atoms with van der Waals surface area (Å²) >= 11 is 1.44. The second kappa shape index (κ2) is 7.19. The van der Waals surface area contributed by atoms with Crippen molar-refractivity contribution in [2.24, 2.45) is 0 Å². The summed E-state index contributed by atoms with van der Waals surface area (Å²) in [5, 5.41) is 4.92. The van der Waals surface area contributed by atoms with Crippen LogP contribution in [-0.2, 0) is 4.79 Å². The van der Waals surface area contributed by atoms with Crippen LogP contribution in [0.1, 0.15) is 25.0 Å². The van der Waals surface area contributed by atoms with Crippen LogP contribution in [0.4, 0.5) is 4.79 Å². The fourth-order valence-corrected chi connectivity index (χ4v) is 2.39. The van der Waals surface area contributed by atoms with E-state index >= 15 is 0 Å². The molecule has 3 amide bonds. The fraction of sp³-hybridized carbons (Fsp3) is 0.429. The molecule has 0 spiro atoms. The molecule has 0 heterocycles. The average Bonchev–Trinajstić information content (AvgIpc) is 2.29. The summed E-state index contributed by atoms with van der Waals surface area (Å²) in [6.45, 7) is 7.70. The van der Waals surface area contributed by atoms with Gasteiger partial charge in [-0.1, -0.05) is 17.7 Å². The number of urea groups is 1. The Morgan fingerprint density at radius 3 is 2.58 bits per heavy atom. The van der Waals surface area contributed by atoms with Crippen molar-refractivity contribution in [3.8, 4) is 0 Å². The molecule has 0 saturated carbocycles. The summed E-state index contributed by atoms with van der Waals surface area (Å²) in [7, 11) is 0. The van der Waals surface area contributed by atoms with Gasteiger partial charge in [0.1, 0.15) is 0 Å². The number of carbonyl (C=O) groups is 2. The van der Waals surface area contributed by atoms with E-state index in [0.29, 0.717) is 0 Å². The van der Waals surface area contributed by atoms with Gasteiger partial charge >= 0.3 is 6.03 Å². The topological polar surface area (TPSA) is 58.2 Å². The molecule has 0 aliphatic heterocycles. The highest BCUT2D eigenvalue weighted by molar-refractivity contribution is 8.00. The second-order valence-electron chi connectivity index (χ2n) is 4.73. The van der Waals surface area contributed by atoms with Crippen LogP contribution in [0.25, 0.3) is 0 Å². The Bertz CT molecular complexity index is 473. The first-order chi connectivity index (χ1) is 8.88. The quantitative estimate of drug-likeness (QED) is 0.834. The first-order valence-corrected chi connectivity index (χ1v) is 7.17. The fourth-order valence-electron chi connectivity index (χ4n) is 1.47. The lowest BCUT2D eigenvalue weighted by atomic mass is 10.2. The summed E-state index contributed by atoms with van der Waals surface area (Å²) < 4.78 is 0. The number of rotatable bonds is 4. The Hall–Kier alpha value is -1.49. The molecule has 5 heteroatoms. The van der Waals surface area contributed by atoms with E-state index in [0.717, 1.165) is 16.0 Å². The largest absolute Gasteiger partial charge is 0.336 e. The Morgan fingerprint density at radius 2 is 1.95 bits per heavy atom. The van der Waals surface area contributed by atoms with Crippen molar-refractivity contribution in [1.82, 2.24) is 10.6 Å². The van der Waals surface area contributed by atoms with Crippen LogP contribution in [0.15, 0.2) is 23.1 Å². The predicted octanol–water partition coefficient (Wildman–Crippen LogP) is 2.63. The number of imide groups is 1. The van der Waals surface area contributed by atoms with Gasteiger partial charge in [-0.25, -0.2) is 4.79 Å². The van der Waals surface area contributed by atoms with Crippen molar-refractivity contribution in [2.75, 3.05) is 5.75 Å². The first kappa shape index (κ1) is 15.6. The van der Waals surface area contributed by atoms with Crippen molar-refractivity contribution in [3.63, 3.8) is 0 Å². The molecular weight excluding hydrogens is 260 g/mol. The van der Waals surface area contributed by atoms with Crippen LogP contribution >= 0.6 is 11.8 Å². The molecule has 1 aromatic rings. The average molecular weight is 280 g/mol. The summed E-state index contributed by atoms with van der Waals surface area (Å²) in [4.78, 5) is 24.0. The molecule has 0 atom stereocenters. The Morgan fingerprint density at radius 1 is 1.26 bits per heavy atom. The molecule has 0 unspecified atom stereocenters. The zero-order valence-electron chi connectivity index (χ0n) is 11.7. The minimum atomic E-state index is -0.443. The third kappa shape index (κ3) is 5.79. The third-order valence-corrected chi connectivity index (χ3v) is 3.53. The van der Waals surface area contributed by atoms with Gasteiger partial charge in [-0.3, -0.25) is 10.1 Å². The van der Waals surface area contributed by atoms with Crippen LogP contribution in [0.2, 0.25) is 0 Å². The Kier molecular flexibility index (Phi) is 5.89. The first-order valence-electron chi connectivity index (χ1n) is 6.19. The molecular formula is C14H20N2O2S. The molecule has 0 fully saturated rings. The lowest BCUT2D eigenvalue weighted by molar-refractivity contribution is -0.117. The number of thioether (sulfide) groups is 1. The van der Waals surface area contributed by atoms with Gasteiger partial charge in [0.05, 0.1) is 5.75 Å². The highest BCUT2D eigenvalue weighted by Crippen LogP contribution is 2.23. The Balaban J connectivity index is 2.46. The Labute approximate surface area is 118 Å². The van der Waals surface area contributed by atoms with E-state index in [9.17, 15) is 9.59 Å². The van der Waals surface area contributed by atoms with Gasteiger partial charge < -0.3 is 5.32 Å². The highest BCUT2D eigenvalue weighted by atomic mass is 32.2. The van der Waals surface area contributed by atoms with E-state index in [2.05, 4.69) is 10.6 Å². The highest BCUT2D eigenvalue weighted by Gasteiger charge is 2.09. The van der Waals surface area contributed by atoms with E-state index in [1.54, 1.807) is 0 Å². The van der Waals surface area contributed by atoms with Crippen molar-refractivity contribution >= 4 is 23.7 Å². The SMILES string of the molecule is Cc1ccc(C)c(SCC(=O)NC(=O)NC(C)C)c1. The van der Waals surface area contributed by atoms with E-state index in [4.69, 9.17) is 0 Å². The van der Waals surface area contributed by atoms with Crippen molar-refractivity contribution < 1.29 is 9.59 Å². The zero-order chi connectivity index (χ0) is 14.4. The van der Waals surface area contributed by atoms with Crippen LogP contribution in [-0.4, -0.2) is 23.7 Å². The van der Waals surface area contributed by atoms with Gasteiger partial charge in [0, 0.05) is 10.9 Å². The molecule has 1 rings (SSSR count). The maximum atomic E-state index is 11.6. The molecule has 0 aliphatic carbocycles. The predicted molar refractivity (Wildman–Crippen MR) is 78.5 cm³/mol. The van der Waals surface area contributed by atoms with E-state index in [1.807, 2.05) is 45.9 Å². The number of carbonyl (C=O) groups excluding carboxylic acids is 2. The summed E-state index contributed by atoms with van der Waals surface area (Å²) in [5.74, 6) is -0.0560. The molecule has 104 valence electrons. The molecule has 0 aliphatic rings. The van der Waals surface area contributed by atoms with Crippen molar-refractivity contribution in [3.05, 3.63) is 29.3 Å². The van der Waals surface area contributed by atoms with Crippen LogP contribution < -0.4 is 10.6 Å². The minimum absolute atomic E-state index is 0.0134. The lowest BCUT2D eigenvalue weighted by Gasteiger charge is -2.10. The van der Waals surface area contributed by atoms with E-state index < -0.39 is 6.03 Å². The molecule has 19 heavy (non-hydrogen) atoms. The van der Waals surface area contributed by atoms with E-state index in [1.165, 1.54) is 11.8 Å². The third-order valence-electron chi connectivity index (χ3n) is 2.38. The monoisotopic (exact) mass is 280 g/mol. The normalized spacial score (nSPS) is 10.4. The number of hydrogen-bond donors (Lipinski definition) is 2. The van der Waals surface area contributed by atoms with Gasteiger partial charge in [-0.15, -0.1) is 11.8 Å². The lowest BCUT2D eigenvalue weighted by Crippen LogP contribution is -2.43. The van der Waals surface area contributed by atoms with Gasteiger partial charge in [0.15, 0.2) is 0 Å². The number of amides is 3. The van der Waals surface area contributed by atoms with Crippen molar-refractivity contribution in [1.29, 1.82) is 0 Å². The molecule has 4 nitrogen and oxygen atoms in total. The van der Waals surface area contributed by atoms with Gasteiger partial charge in [0.2, 0.25) is 5.91 Å². The van der Waals surface area contributed by atoms with Crippen molar-refractivity contribution in [2.45, 2.75) is 38.6 Å².